The van der Waals surface area contributed by atoms with Crippen LogP contribution in [0.2, 0.25) is 0 Å². The van der Waals surface area contributed by atoms with Gasteiger partial charge < -0.3 is 5.11 Å². The van der Waals surface area contributed by atoms with Gasteiger partial charge in [-0.3, -0.25) is 4.90 Å². The van der Waals surface area contributed by atoms with Crippen molar-refractivity contribution in [3.8, 4) is 23.0 Å². The van der Waals surface area contributed by atoms with Gasteiger partial charge in [0.05, 0.1) is 10.6 Å². The monoisotopic (exact) mass is 409 g/mol. The third-order valence-corrected chi connectivity index (χ3v) is 9.16. The molecular weight excluding hydrogens is 382 g/mol. The Hall–Kier alpha value is -1.38. The molecular formula is C24H27NOS2. The second-order valence-electron chi connectivity index (χ2n) is 7.70. The highest BCUT2D eigenvalue weighted by Crippen LogP contribution is 2.63. The zero-order valence-corrected chi connectivity index (χ0v) is 18.2. The molecule has 0 amide bonds. The van der Waals surface area contributed by atoms with Crippen LogP contribution in [0.4, 0.5) is 0 Å². The molecule has 1 aliphatic carbocycles. The van der Waals surface area contributed by atoms with Crippen LogP contribution >= 0.6 is 23.5 Å². The van der Waals surface area contributed by atoms with E-state index in [0.29, 0.717) is 0 Å². The van der Waals surface area contributed by atoms with Crippen LogP contribution in [-0.2, 0) is 5.60 Å². The molecule has 146 valence electrons. The number of benzene rings is 2. The van der Waals surface area contributed by atoms with E-state index in [9.17, 15) is 5.11 Å². The Bertz CT molecular complexity index is 861. The Morgan fingerprint density at radius 3 is 2.07 bits per heavy atom. The van der Waals surface area contributed by atoms with E-state index in [1.54, 1.807) is 0 Å². The van der Waals surface area contributed by atoms with Crippen molar-refractivity contribution >= 4 is 23.5 Å². The quantitative estimate of drug-likeness (QED) is 0.732. The topological polar surface area (TPSA) is 23.5 Å². The van der Waals surface area contributed by atoms with Crippen LogP contribution < -0.4 is 0 Å². The van der Waals surface area contributed by atoms with Crippen molar-refractivity contribution in [1.29, 1.82) is 0 Å². The van der Waals surface area contributed by atoms with Crippen molar-refractivity contribution in [1.82, 2.24) is 4.90 Å². The van der Waals surface area contributed by atoms with Crippen molar-refractivity contribution in [2.45, 2.75) is 28.9 Å². The molecule has 1 fully saturated rings. The summed E-state index contributed by atoms with van der Waals surface area (Å²) < 4.78 is -0.305. The third kappa shape index (κ3) is 3.29. The molecule has 1 heterocycles. The second-order valence-corrected chi connectivity index (χ2v) is 10.7. The lowest BCUT2D eigenvalue weighted by atomic mass is 9.85. The minimum Gasteiger partial charge on any atom is -0.378 e. The summed E-state index contributed by atoms with van der Waals surface area (Å²) in [5.41, 5.74) is 3.47. The molecule has 0 saturated carbocycles. The van der Waals surface area contributed by atoms with Gasteiger partial charge >= 0.3 is 0 Å². The average Bonchev–Trinajstić information content (AvgIpc) is 2.99. The van der Waals surface area contributed by atoms with Gasteiger partial charge in [0, 0.05) is 6.42 Å². The highest BCUT2D eigenvalue weighted by molar-refractivity contribution is 8.18. The van der Waals surface area contributed by atoms with Gasteiger partial charge in [-0.25, -0.2) is 0 Å². The molecule has 4 rings (SSSR count). The van der Waals surface area contributed by atoms with E-state index in [4.69, 9.17) is 0 Å². The van der Waals surface area contributed by atoms with Crippen LogP contribution in [-0.4, -0.2) is 46.2 Å². The molecule has 1 N–H and O–H groups in total. The highest BCUT2D eigenvalue weighted by Gasteiger charge is 2.58. The number of hydrogen-bond acceptors (Lipinski definition) is 4. The van der Waals surface area contributed by atoms with E-state index in [1.807, 2.05) is 37.6 Å². The first-order valence-electron chi connectivity index (χ1n) is 9.89. The normalized spacial score (nSPS) is 18.9. The van der Waals surface area contributed by atoms with Crippen molar-refractivity contribution in [3.05, 3.63) is 59.7 Å². The summed E-state index contributed by atoms with van der Waals surface area (Å²) in [5, 5.41) is 12.4. The number of thioether (sulfide) groups is 2. The van der Waals surface area contributed by atoms with Gasteiger partial charge in [0.25, 0.3) is 0 Å². The van der Waals surface area contributed by atoms with Crippen LogP contribution in [0.25, 0.3) is 11.1 Å². The van der Waals surface area contributed by atoms with E-state index in [2.05, 4.69) is 65.3 Å². The van der Waals surface area contributed by atoms with Gasteiger partial charge in [-0.05, 0) is 60.7 Å². The van der Waals surface area contributed by atoms with Crippen molar-refractivity contribution in [2.75, 3.05) is 32.1 Å². The minimum absolute atomic E-state index is 0.305. The standard InChI is InChI=1S/C24H27NOS2/c1-25(2)16-9-3-8-15-23(27-17-10-18-28-23)24(26)21-13-6-4-11-19(21)20-12-5-7-14-22(20)24/h4-7,11-14,26H,8,10,15-18H2,1-2H3. The van der Waals surface area contributed by atoms with E-state index in [1.165, 1.54) is 17.5 Å². The molecule has 2 nitrogen and oxygen atoms in total. The molecule has 0 aromatic heterocycles. The van der Waals surface area contributed by atoms with E-state index < -0.39 is 5.60 Å². The molecule has 2 aromatic carbocycles. The predicted molar refractivity (Wildman–Crippen MR) is 123 cm³/mol. The lowest BCUT2D eigenvalue weighted by Crippen LogP contribution is -2.48. The lowest BCUT2D eigenvalue weighted by Gasteiger charge is -2.47. The minimum atomic E-state index is -0.987. The molecule has 4 heteroatoms. The van der Waals surface area contributed by atoms with Crippen LogP contribution in [0.3, 0.4) is 0 Å². The Kier molecular flexibility index (Phi) is 5.81. The second kappa shape index (κ2) is 8.16. The predicted octanol–water partition coefficient (Wildman–Crippen LogP) is 4.81. The summed E-state index contributed by atoms with van der Waals surface area (Å²) in [5.74, 6) is 8.78. The fourth-order valence-corrected chi connectivity index (χ4v) is 7.86. The SMILES string of the molecule is CN(C)CC#CCCC1(C2(O)c3ccccc3-c3ccccc32)SCCCS1. The molecule has 0 spiro atoms. The Morgan fingerprint density at radius 1 is 0.929 bits per heavy atom. The maximum atomic E-state index is 12.4. The summed E-state index contributed by atoms with van der Waals surface area (Å²) in [6, 6.07) is 16.8. The van der Waals surface area contributed by atoms with Gasteiger partial charge in [-0.15, -0.1) is 29.4 Å². The van der Waals surface area contributed by atoms with E-state index >= 15 is 0 Å². The zero-order chi connectivity index (χ0) is 19.6. The summed E-state index contributed by atoms with van der Waals surface area (Å²) >= 11 is 3.87. The van der Waals surface area contributed by atoms with E-state index in [0.717, 1.165) is 42.0 Å². The van der Waals surface area contributed by atoms with Gasteiger partial charge in [0.2, 0.25) is 0 Å². The first kappa shape index (κ1) is 19.9. The van der Waals surface area contributed by atoms with Gasteiger partial charge in [0.15, 0.2) is 0 Å². The number of rotatable bonds is 4. The van der Waals surface area contributed by atoms with Gasteiger partial charge in [0.1, 0.15) is 5.60 Å². The number of fused-ring (bicyclic) bond motifs is 3. The van der Waals surface area contributed by atoms with Crippen LogP contribution in [0.15, 0.2) is 48.5 Å². The van der Waals surface area contributed by atoms with Crippen LogP contribution in [0, 0.1) is 11.8 Å². The lowest BCUT2D eigenvalue weighted by molar-refractivity contribution is 0.0691. The molecule has 1 saturated heterocycles. The molecule has 0 atom stereocenters. The van der Waals surface area contributed by atoms with Crippen LogP contribution in [0.5, 0.6) is 0 Å². The Morgan fingerprint density at radius 2 is 1.50 bits per heavy atom. The van der Waals surface area contributed by atoms with Crippen LogP contribution in [0.1, 0.15) is 30.4 Å². The maximum Gasteiger partial charge on any atom is 0.140 e. The molecule has 2 aromatic rings. The third-order valence-electron chi connectivity index (χ3n) is 5.53. The van der Waals surface area contributed by atoms with Crippen molar-refractivity contribution in [3.63, 3.8) is 0 Å². The van der Waals surface area contributed by atoms with Gasteiger partial charge in [-0.1, -0.05) is 54.5 Å². The average molecular weight is 410 g/mol. The molecule has 0 unspecified atom stereocenters. The molecule has 0 bridgehead atoms. The zero-order valence-electron chi connectivity index (χ0n) is 16.6. The number of nitrogens with zero attached hydrogens (tertiary/aromatic N) is 1. The largest absolute Gasteiger partial charge is 0.378 e. The fourth-order valence-electron chi connectivity index (χ4n) is 4.26. The number of aliphatic hydroxyl groups is 1. The molecule has 28 heavy (non-hydrogen) atoms. The first-order valence-corrected chi connectivity index (χ1v) is 11.9. The summed E-state index contributed by atoms with van der Waals surface area (Å²) in [7, 11) is 4.08. The molecule has 0 radical (unpaired) electrons. The van der Waals surface area contributed by atoms with Gasteiger partial charge in [-0.2, -0.15) is 0 Å². The van der Waals surface area contributed by atoms with Crippen molar-refractivity contribution in [2.24, 2.45) is 0 Å². The Balaban J connectivity index is 1.76. The van der Waals surface area contributed by atoms with Crippen molar-refractivity contribution < 1.29 is 5.11 Å². The summed E-state index contributed by atoms with van der Waals surface area (Å²) in [4.78, 5) is 2.09. The molecule has 2 aliphatic rings. The summed E-state index contributed by atoms with van der Waals surface area (Å²) in [6.45, 7) is 0.781. The highest BCUT2D eigenvalue weighted by atomic mass is 32.2. The maximum absolute atomic E-state index is 12.4. The number of hydrogen-bond donors (Lipinski definition) is 1. The smallest absolute Gasteiger partial charge is 0.140 e. The first-order chi connectivity index (χ1) is 13.6. The summed E-state index contributed by atoms with van der Waals surface area (Å²) in [6.07, 6.45) is 2.88. The molecule has 1 aliphatic heterocycles. The Labute approximate surface area is 177 Å². The van der Waals surface area contributed by atoms with E-state index in [-0.39, 0.29) is 4.08 Å². The fraction of sp³-hybridized carbons (Fsp3) is 0.417.